The molecule has 0 saturated carbocycles. The number of hydrogen-bond donors (Lipinski definition) is 1. The fourth-order valence-electron chi connectivity index (χ4n) is 3.28. The zero-order chi connectivity index (χ0) is 23.5. The van der Waals surface area contributed by atoms with E-state index in [0.29, 0.717) is 5.69 Å². The van der Waals surface area contributed by atoms with Crippen molar-refractivity contribution in [3.8, 4) is 5.75 Å². The van der Waals surface area contributed by atoms with Crippen LogP contribution in [0.25, 0.3) is 0 Å². The molecular formula is C21H23F3N2O5S. The van der Waals surface area contributed by atoms with Crippen molar-refractivity contribution in [1.29, 1.82) is 0 Å². The zero-order valence-corrected chi connectivity index (χ0v) is 18.2. The maximum absolute atomic E-state index is 13.0. The van der Waals surface area contributed by atoms with Crippen LogP contribution in [0.3, 0.4) is 0 Å². The molecule has 7 nitrogen and oxygen atoms in total. The number of carbonyl (C=O) groups excluding carboxylic acids is 1. The lowest BCUT2D eigenvalue weighted by Crippen LogP contribution is -2.48. The fourth-order valence-corrected chi connectivity index (χ4v) is 4.91. The molecule has 1 aliphatic heterocycles. The summed E-state index contributed by atoms with van der Waals surface area (Å²) in [6, 6.07) is 11.0. The third-order valence-electron chi connectivity index (χ3n) is 4.63. The normalized spacial score (nSPS) is 20.0. The van der Waals surface area contributed by atoms with Crippen molar-refractivity contribution in [2.45, 2.75) is 37.1 Å². The van der Waals surface area contributed by atoms with Gasteiger partial charge in [0.2, 0.25) is 10.0 Å². The van der Waals surface area contributed by atoms with Gasteiger partial charge in [0.1, 0.15) is 5.75 Å². The van der Waals surface area contributed by atoms with Gasteiger partial charge in [-0.3, -0.25) is 4.79 Å². The summed E-state index contributed by atoms with van der Waals surface area (Å²) in [6.07, 6.45) is -4.94. The van der Waals surface area contributed by atoms with Crippen LogP contribution < -0.4 is 10.1 Å². The molecule has 0 aliphatic carbocycles. The van der Waals surface area contributed by atoms with Gasteiger partial charge in [-0.15, -0.1) is 0 Å². The summed E-state index contributed by atoms with van der Waals surface area (Å²) < 4.78 is 74.3. The van der Waals surface area contributed by atoms with E-state index in [0.717, 1.165) is 0 Å². The Morgan fingerprint density at radius 2 is 1.75 bits per heavy atom. The molecule has 32 heavy (non-hydrogen) atoms. The summed E-state index contributed by atoms with van der Waals surface area (Å²) >= 11 is 0. The first-order valence-electron chi connectivity index (χ1n) is 9.81. The van der Waals surface area contributed by atoms with Gasteiger partial charge in [-0.05, 0) is 56.3 Å². The molecule has 2 atom stereocenters. The van der Waals surface area contributed by atoms with Crippen molar-refractivity contribution in [1.82, 2.24) is 4.31 Å². The van der Waals surface area contributed by atoms with Crippen molar-refractivity contribution >= 4 is 21.6 Å². The Bertz CT molecular complexity index is 1050. The molecule has 2 unspecified atom stereocenters. The first-order valence-corrected chi connectivity index (χ1v) is 11.2. The Morgan fingerprint density at radius 3 is 2.34 bits per heavy atom. The van der Waals surface area contributed by atoms with Crippen LogP contribution in [0.5, 0.6) is 5.75 Å². The van der Waals surface area contributed by atoms with E-state index < -0.39 is 28.7 Å². The standard InChI is InChI=1S/C21H23F3N2O5S/c1-14-11-26(12-15(2)31-14)32(28,29)19-5-3-4-16(10-19)20(27)25-17-6-8-18(9-7-17)30-13-21(22,23)24/h3-10,14-15H,11-13H2,1-2H3,(H,25,27). The molecule has 1 fully saturated rings. The summed E-state index contributed by atoms with van der Waals surface area (Å²) in [5.41, 5.74) is 0.441. The van der Waals surface area contributed by atoms with Gasteiger partial charge in [0.15, 0.2) is 6.61 Å². The van der Waals surface area contributed by atoms with Crippen LogP contribution >= 0.6 is 0 Å². The van der Waals surface area contributed by atoms with E-state index in [9.17, 15) is 26.4 Å². The van der Waals surface area contributed by atoms with E-state index in [1.165, 1.54) is 52.8 Å². The molecule has 1 amide bonds. The number of hydrogen-bond acceptors (Lipinski definition) is 5. The highest BCUT2D eigenvalue weighted by atomic mass is 32.2. The Labute approximate surface area is 184 Å². The van der Waals surface area contributed by atoms with Crippen LogP contribution in [0.1, 0.15) is 24.2 Å². The van der Waals surface area contributed by atoms with E-state index in [1.807, 2.05) is 0 Å². The van der Waals surface area contributed by atoms with Crippen molar-refractivity contribution in [2.75, 3.05) is 25.0 Å². The van der Waals surface area contributed by atoms with Gasteiger partial charge in [0.25, 0.3) is 5.91 Å². The number of rotatable bonds is 6. The lowest BCUT2D eigenvalue weighted by atomic mass is 10.2. The smallest absolute Gasteiger partial charge is 0.422 e. The van der Waals surface area contributed by atoms with E-state index in [1.54, 1.807) is 13.8 Å². The third-order valence-corrected chi connectivity index (χ3v) is 6.46. The van der Waals surface area contributed by atoms with Gasteiger partial charge in [0, 0.05) is 24.3 Å². The van der Waals surface area contributed by atoms with Crippen LogP contribution in [-0.4, -0.2) is 56.7 Å². The number of amides is 1. The molecule has 0 bridgehead atoms. The third kappa shape index (κ3) is 6.21. The zero-order valence-electron chi connectivity index (χ0n) is 17.4. The minimum Gasteiger partial charge on any atom is -0.484 e. The number of alkyl halides is 3. The molecule has 1 heterocycles. The molecule has 1 N–H and O–H groups in total. The second-order valence-electron chi connectivity index (χ2n) is 7.49. The number of benzene rings is 2. The summed E-state index contributed by atoms with van der Waals surface area (Å²) in [5, 5.41) is 2.58. The first kappa shape index (κ1) is 24.0. The highest BCUT2D eigenvalue weighted by Crippen LogP contribution is 2.23. The van der Waals surface area contributed by atoms with Crippen LogP contribution in [-0.2, 0) is 14.8 Å². The number of sulfonamides is 1. The van der Waals surface area contributed by atoms with E-state index in [2.05, 4.69) is 10.1 Å². The number of anilines is 1. The first-order chi connectivity index (χ1) is 14.9. The highest BCUT2D eigenvalue weighted by Gasteiger charge is 2.32. The largest absolute Gasteiger partial charge is 0.484 e. The van der Waals surface area contributed by atoms with Crippen molar-refractivity contribution in [3.63, 3.8) is 0 Å². The van der Waals surface area contributed by atoms with Gasteiger partial charge in [-0.25, -0.2) is 8.42 Å². The molecule has 174 valence electrons. The van der Waals surface area contributed by atoms with Crippen LogP contribution in [0.2, 0.25) is 0 Å². The average molecular weight is 472 g/mol. The molecule has 0 radical (unpaired) electrons. The molecule has 3 rings (SSSR count). The monoisotopic (exact) mass is 472 g/mol. The Balaban J connectivity index is 1.70. The summed E-state index contributed by atoms with van der Waals surface area (Å²) in [6.45, 7) is 2.60. The minimum absolute atomic E-state index is 0.00221. The number of halogens is 3. The van der Waals surface area contributed by atoms with Gasteiger partial charge < -0.3 is 14.8 Å². The second kappa shape index (κ2) is 9.47. The molecule has 2 aromatic rings. The topological polar surface area (TPSA) is 84.9 Å². The van der Waals surface area contributed by atoms with E-state index >= 15 is 0 Å². The second-order valence-corrected chi connectivity index (χ2v) is 9.43. The quantitative estimate of drug-likeness (QED) is 0.694. The van der Waals surface area contributed by atoms with E-state index in [4.69, 9.17) is 4.74 Å². The van der Waals surface area contributed by atoms with Gasteiger partial charge in [-0.2, -0.15) is 17.5 Å². The number of nitrogens with one attached hydrogen (secondary N) is 1. The number of nitrogens with zero attached hydrogens (tertiary/aromatic N) is 1. The number of ether oxygens (including phenoxy) is 2. The lowest BCUT2D eigenvalue weighted by Gasteiger charge is -2.34. The number of carbonyl (C=O) groups is 1. The van der Waals surface area contributed by atoms with E-state index in [-0.39, 0.29) is 41.5 Å². The summed E-state index contributed by atoms with van der Waals surface area (Å²) in [7, 11) is -3.82. The molecule has 0 spiro atoms. The van der Waals surface area contributed by atoms with Gasteiger partial charge in [-0.1, -0.05) is 6.07 Å². The molecule has 1 aliphatic rings. The number of morpholine rings is 1. The molecule has 2 aromatic carbocycles. The van der Waals surface area contributed by atoms with Gasteiger partial charge in [0.05, 0.1) is 17.1 Å². The van der Waals surface area contributed by atoms with Crippen LogP contribution in [0.15, 0.2) is 53.4 Å². The molecule has 0 aromatic heterocycles. The van der Waals surface area contributed by atoms with Gasteiger partial charge >= 0.3 is 6.18 Å². The van der Waals surface area contributed by atoms with Crippen molar-refractivity contribution in [2.24, 2.45) is 0 Å². The maximum Gasteiger partial charge on any atom is 0.422 e. The predicted molar refractivity (Wildman–Crippen MR) is 111 cm³/mol. The predicted octanol–water partition coefficient (Wildman–Crippen LogP) is 3.68. The van der Waals surface area contributed by atoms with Crippen molar-refractivity contribution in [3.05, 3.63) is 54.1 Å². The Kier molecular flexibility index (Phi) is 7.11. The van der Waals surface area contributed by atoms with Crippen LogP contribution in [0.4, 0.5) is 18.9 Å². The summed E-state index contributed by atoms with van der Waals surface area (Å²) in [5.74, 6) is -0.558. The Morgan fingerprint density at radius 1 is 1.12 bits per heavy atom. The van der Waals surface area contributed by atoms with Crippen molar-refractivity contribution < 1.29 is 35.9 Å². The molecule has 11 heteroatoms. The molecular weight excluding hydrogens is 449 g/mol. The molecule has 1 saturated heterocycles. The minimum atomic E-state index is -4.45. The Hall–Kier alpha value is -2.63. The maximum atomic E-state index is 13.0. The highest BCUT2D eigenvalue weighted by molar-refractivity contribution is 7.89. The SMILES string of the molecule is CC1CN(S(=O)(=O)c2cccc(C(=O)Nc3ccc(OCC(F)(F)F)cc3)c2)CC(C)O1. The lowest BCUT2D eigenvalue weighted by molar-refractivity contribution is -0.153. The fraction of sp³-hybridized carbons (Fsp3) is 0.381. The van der Waals surface area contributed by atoms with Crippen LogP contribution in [0, 0.1) is 0 Å². The summed E-state index contributed by atoms with van der Waals surface area (Å²) in [4.78, 5) is 12.6. The average Bonchev–Trinajstić information content (AvgIpc) is 2.72.